The first kappa shape index (κ1) is 16.1. The van der Waals surface area contributed by atoms with Crippen molar-refractivity contribution in [2.24, 2.45) is 29.6 Å². The van der Waals surface area contributed by atoms with Crippen LogP contribution in [-0.2, 0) is 0 Å². The minimum absolute atomic E-state index is 0.882. The van der Waals surface area contributed by atoms with Crippen molar-refractivity contribution in [2.75, 3.05) is 0 Å². The summed E-state index contributed by atoms with van der Waals surface area (Å²) in [6.07, 6.45) is 11.7. The van der Waals surface area contributed by atoms with E-state index < -0.39 is 0 Å². The van der Waals surface area contributed by atoms with Gasteiger partial charge in [-0.05, 0) is 55.3 Å². The van der Waals surface area contributed by atoms with E-state index in [2.05, 4.69) is 34.6 Å². The van der Waals surface area contributed by atoms with E-state index in [4.69, 9.17) is 0 Å². The largest absolute Gasteiger partial charge is 0.0654 e. The minimum Gasteiger partial charge on any atom is -0.0654 e. The summed E-state index contributed by atoms with van der Waals surface area (Å²) in [4.78, 5) is 0. The molecule has 0 heterocycles. The third kappa shape index (κ3) is 5.33. The van der Waals surface area contributed by atoms with Gasteiger partial charge >= 0.3 is 0 Å². The molecule has 108 valence electrons. The second kappa shape index (κ2) is 8.23. The van der Waals surface area contributed by atoms with E-state index in [0.29, 0.717) is 0 Å². The Bertz CT molecular complexity index is 206. The van der Waals surface area contributed by atoms with Crippen LogP contribution in [0.1, 0.15) is 86.0 Å². The van der Waals surface area contributed by atoms with Gasteiger partial charge in [-0.25, -0.2) is 0 Å². The SMILES string of the molecule is CCCC1CC(C)CC(C(C)C)CCC(CC)C1. The molecule has 0 amide bonds. The van der Waals surface area contributed by atoms with Crippen LogP contribution >= 0.6 is 0 Å². The Morgan fingerprint density at radius 2 is 1.67 bits per heavy atom. The van der Waals surface area contributed by atoms with Crippen LogP contribution in [-0.4, -0.2) is 0 Å². The summed E-state index contributed by atoms with van der Waals surface area (Å²) in [6.45, 7) is 12.1. The first-order valence-corrected chi connectivity index (χ1v) is 8.56. The highest BCUT2D eigenvalue weighted by Crippen LogP contribution is 2.37. The van der Waals surface area contributed by atoms with Gasteiger partial charge in [-0.3, -0.25) is 0 Å². The predicted octanol–water partition coefficient (Wildman–Crippen LogP) is 6.30. The van der Waals surface area contributed by atoms with E-state index in [1.807, 2.05) is 0 Å². The highest BCUT2D eigenvalue weighted by Gasteiger charge is 2.25. The van der Waals surface area contributed by atoms with Crippen LogP contribution in [0.15, 0.2) is 0 Å². The quantitative estimate of drug-likeness (QED) is 0.550. The maximum Gasteiger partial charge on any atom is -0.0388 e. The van der Waals surface area contributed by atoms with Gasteiger partial charge in [0.25, 0.3) is 0 Å². The summed E-state index contributed by atoms with van der Waals surface area (Å²) >= 11 is 0. The van der Waals surface area contributed by atoms with Gasteiger partial charge in [-0.1, -0.05) is 60.3 Å². The number of hydrogen-bond acceptors (Lipinski definition) is 0. The summed E-state index contributed by atoms with van der Waals surface area (Å²) in [5.74, 6) is 4.83. The van der Waals surface area contributed by atoms with Crippen LogP contribution in [0.5, 0.6) is 0 Å². The molecule has 0 aromatic heterocycles. The zero-order valence-electron chi connectivity index (χ0n) is 13.5. The van der Waals surface area contributed by atoms with Gasteiger partial charge in [-0.2, -0.15) is 0 Å². The molecule has 0 heteroatoms. The van der Waals surface area contributed by atoms with Crippen molar-refractivity contribution in [1.29, 1.82) is 0 Å². The number of hydrogen-bond donors (Lipinski definition) is 0. The lowest BCUT2D eigenvalue weighted by Gasteiger charge is -2.24. The van der Waals surface area contributed by atoms with Gasteiger partial charge in [0, 0.05) is 0 Å². The van der Waals surface area contributed by atoms with E-state index in [-0.39, 0.29) is 0 Å². The summed E-state index contributed by atoms with van der Waals surface area (Å²) in [5.41, 5.74) is 0. The molecule has 1 saturated carbocycles. The molecule has 18 heavy (non-hydrogen) atoms. The molecule has 0 spiro atoms. The van der Waals surface area contributed by atoms with Gasteiger partial charge in [0.2, 0.25) is 0 Å². The Morgan fingerprint density at radius 3 is 2.22 bits per heavy atom. The topological polar surface area (TPSA) is 0 Å². The van der Waals surface area contributed by atoms with Crippen LogP contribution in [0, 0.1) is 29.6 Å². The molecule has 0 aliphatic heterocycles. The molecule has 0 N–H and O–H groups in total. The minimum atomic E-state index is 0.882. The Balaban J connectivity index is 2.66. The molecule has 1 aliphatic rings. The third-order valence-electron chi connectivity index (χ3n) is 5.27. The molecule has 0 saturated heterocycles. The van der Waals surface area contributed by atoms with Gasteiger partial charge in [-0.15, -0.1) is 0 Å². The molecule has 4 atom stereocenters. The smallest absolute Gasteiger partial charge is 0.0388 e. The summed E-state index contributed by atoms with van der Waals surface area (Å²) < 4.78 is 0. The van der Waals surface area contributed by atoms with Gasteiger partial charge in [0.1, 0.15) is 0 Å². The van der Waals surface area contributed by atoms with E-state index in [1.54, 1.807) is 0 Å². The summed E-state index contributed by atoms with van der Waals surface area (Å²) in [6, 6.07) is 0. The van der Waals surface area contributed by atoms with Crippen LogP contribution in [0.25, 0.3) is 0 Å². The Kier molecular flexibility index (Phi) is 7.34. The maximum absolute atomic E-state index is 2.50. The second-order valence-electron chi connectivity index (χ2n) is 7.32. The molecule has 1 rings (SSSR count). The zero-order chi connectivity index (χ0) is 13.5. The lowest BCUT2D eigenvalue weighted by Crippen LogP contribution is -2.13. The normalized spacial score (nSPS) is 35.0. The molecule has 1 fully saturated rings. The highest BCUT2D eigenvalue weighted by atomic mass is 14.3. The van der Waals surface area contributed by atoms with Crippen molar-refractivity contribution in [3.8, 4) is 0 Å². The Morgan fingerprint density at radius 1 is 0.944 bits per heavy atom. The average molecular weight is 252 g/mol. The standard InChI is InChI=1S/C18H36/c1-6-8-17-11-15(5)12-18(14(3)4)10-9-16(7-2)13-17/h14-18H,6-13H2,1-5H3. The lowest BCUT2D eigenvalue weighted by molar-refractivity contribution is 0.267. The molecular formula is C18H36. The highest BCUT2D eigenvalue weighted by molar-refractivity contribution is 4.76. The van der Waals surface area contributed by atoms with Crippen LogP contribution < -0.4 is 0 Å². The molecule has 0 radical (unpaired) electrons. The molecular weight excluding hydrogens is 216 g/mol. The van der Waals surface area contributed by atoms with Gasteiger partial charge < -0.3 is 0 Å². The van der Waals surface area contributed by atoms with Crippen molar-refractivity contribution >= 4 is 0 Å². The first-order valence-electron chi connectivity index (χ1n) is 8.56. The second-order valence-corrected chi connectivity index (χ2v) is 7.32. The summed E-state index contributed by atoms with van der Waals surface area (Å²) in [7, 11) is 0. The first-order chi connectivity index (χ1) is 8.56. The monoisotopic (exact) mass is 252 g/mol. The lowest BCUT2D eigenvalue weighted by atomic mass is 9.81. The van der Waals surface area contributed by atoms with Crippen molar-refractivity contribution in [3.63, 3.8) is 0 Å². The molecule has 0 aromatic rings. The molecule has 0 nitrogen and oxygen atoms in total. The Hall–Kier alpha value is 0. The number of rotatable bonds is 4. The van der Waals surface area contributed by atoms with E-state index in [0.717, 1.165) is 29.6 Å². The molecule has 0 aromatic carbocycles. The Labute approximate surface area is 116 Å². The van der Waals surface area contributed by atoms with Crippen molar-refractivity contribution in [2.45, 2.75) is 86.0 Å². The van der Waals surface area contributed by atoms with Crippen molar-refractivity contribution in [3.05, 3.63) is 0 Å². The van der Waals surface area contributed by atoms with Crippen LogP contribution in [0.4, 0.5) is 0 Å². The molecule has 0 bridgehead atoms. The van der Waals surface area contributed by atoms with E-state index in [9.17, 15) is 0 Å². The fourth-order valence-electron chi connectivity index (χ4n) is 4.06. The molecule has 1 aliphatic carbocycles. The van der Waals surface area contributed by atoms with E-state index in [1.165, 1.54) is 51.4 Å². The maximum atomic E-state index is 2.50. The van der Waals surface area contributed by atoms with Crippen molar-refractivity contribution in [1.82, 2.24) is 0 Å². The van der Waals surface area contributed by atoms with E-state index >= 15 is 0 Å². The molecule has 4 unspecified atom stereocenters. The predicted molar refractivity (Wildman–Crippen MR) is 82.8 cm³/mol. The van der Waals surface area contributed by atoms with Crippen LogP contribution in [0.3, 0.4) is 0 Å². The van der Waals surface area contributed by atoms with Crippen LogP contribution in [0.2, 0.25) is 0 Å². The van der Waals surface area contributed by atoms with Gasteiger partial charge in [0.05, 0.1) is 0 Å². The van der Waals surface area contributed by atoms with Gasteiger partial charge in [0.15, 0.2) is 0 Å². The van der Waals surface area contributed by atoms with Crippen molar-refractivity contribution < 1.29 is 0 Å². The fourth-order valence-corrected chi connectivity index (χ4v) is 4.06. The fraction of sp³-hybridized carbons (Fsp3) is 1.00. The average Bonchev–Trinajstić information content (AvgIpc) is 2.38. The third-order valence-corrected chi connectivity index (χ3v) is 5.27. The summed E-state index contributed by atoms with van der Waals surface area (Å²) in [5, 5.41) is 0. The zero-order valence-corrected chi connectivity index (χ0v) is 13.5.